The molecule has 4 rings (SSSR count). The van der Waals surface area contributed by atoms with Gasteiger partial charge in [-0.3, -0.25) is 0 Å². The van der Waals surface area contributed by atoms with Crippen LogP contribution in [0, 0.1) is 5.92 Å². The van der Waals surface area contributed by atoms with E-state index < -0.39 is 0 Å². The summed E-state index contributed by atoms with van der Waals surface area (Å²) in [6.45, 7) is 0.0228. The quantitative estimate of drug-likeness (QED) is 0.731. The fourth-order valence-electron chi connectivity index (χ4n) is 2.49. The van der Waals surface area contributed by atoms with E-state index in [0.717, 1.165) is 17.4 Å². The third kappa shape index (κ3) is 0.879. The van der Waals surface area contributed by atoms with Crippen molar-refractivity contribution >= 4 is 0 Å². The van der Waals surface area contributed by atoms with Gasteiger partial charge >= 0.3 is 0 Å². The molecule has 0 spiro atoms. The molecule has 1 N–H and O–H groups in total. The molecule has 0 amide bonds. The Bertz CT molecular complexity index is 334. The molecule has 3 fully saturated rings. The predicted octanol–water partition coefficient (Wildman–Crippen LogP) is 1.02. The first-order chi connectivity index (χ1) is 6.32. The molecule has 13 heavy (non-hydrogen) atoms. The predicted molar refractivity (Wildman–Crippen MR) is 47.0 cm³/mol. The van der Waals surface area contributed by atoms with E-state index in [1.165, 1.54) is 19.3 Å². The normalized spacial score (nSPS) is 35.0. The zero-order valence-electron chi connectivity index (χ0n) is 7.40. The van der Waals surface area contributed by atoms with Crippen molar-refractivity contribution in [3.63, 3.8) is 0 Å². The van der Waals surface area contributed by atoms with Gasteiger partial charge in [0.2, 0.25) is 0 Å². The van der Waals surface area contributed by atoms with E-state index in [9.17, 15) is 0 Å². The maximum Gasteiger partial charge on any atom is 0.134 e. The Balaban J connectivity index is 1.95. The number of rotatable bonds is 2. The van der Waals surface area contributed by atoms with E-state index >= 15 is 0 Å². The van der Waals surface area contributed by atoms with Crippen molar-refractivity contribution in [1.82, 2.24) is 9.97 Å². The van der Waals surface area contributed by atoms with Gasteiger partial charge < -0.3 is 5.11 Å². The fourth-order valence-corrected chi connectivity index (χ4v) is 2.49. The smallest absolute Gasteiger partial charge is 0.134 e. The van der Waals surface area contributed by atoms with Gasteiger partial charge in [-0.15, -0.1) is 0 Å². The van der Waals surface area contributed by atoms with E-state index in [1.807, 2.05) is 0 Å². The number of aliphatic hydroxyl groups is 1. The van der Waals surface area contributed by atoms with Gasteiger partial charge in [0.05, 0.1) is 12.3 Å². The Labute approximate surface area is 76.8 Å². The topological polar surface area (TPSA) is 46.0 Å². The molecule has 0 unspecified atom stereocenters. The number of nitrogens with zero attached hydrogens (tertiary/aromatic N) is 2. The van der Waals surface area contributed by atoms with Gasteiger partial charge in [-0.05, 0) is 31.2 Å². The Kier molecular flexibility index (Phi) is 1.31. The summed E-state index contributed by atoms with van der Waals surface area (Å²) in [4.78, 5) is 8.66. The molecule has 3 heteroatoms. The van der Waals surface area contributed by atoms with E-state index in [4.69, 9.17) is 5.11 Å². The third-order valence-electron chi connectivity index (χ3n) is 3.39. The monoisotopic (exact) mass is 176 g/mol. The van der Waals surface area contributed by atoms with Crippen LogP contribution in [0.4, 0.5) is 0 Å². The lowest BCUT2D eigenvalue weighted by Gasteiger charge is -2.60. The largest absolute Gasteiger partial charge is 0.390 e. The lowest BCUT2D eigenvalue weighted by molar-refractivity contribution is -0.0349. The van der Waals surface area contributed by atoms with Crippen molar-refractivity contribution in [2.75, 3.05) is 0 Å². The second kappa shape index (κ2) is 2.29. The highest BCUT2D eigenvalue weighted by molar-refractivity contribution is 5.25. The molecule has 3 nitrogen and oxygen atoms in total. The molecule has 1 heterocycles. The van der Waals surface area contributed by atoms with Gasteiger partial charge in [0.1, 0.15) is 5.82 Å². The van der Waals surface area contributed by atoms with Crippen molar-refractivity contribution < 1.29 is 5.11 Å². The van der Waals surface area contributed by atoms with Gasteiger partial charge in [-0.1, -0.05) is 0 Å². The van der Waals surface area contributed by atoms with Crippen LogP contribution in [0.25, 0.3) is 0 Å². The number of aliphatic hydroxyl groups excluding tert-OH is 1. The molecule has 1 aromatic rings. The summed E-state index contributed by atoms with van der Waals surface area (Å²) in [5.41, 5.74) is 1.06. The molecular weight excluding hydrogens is 164 g/mol. The van der Waals surface area contributed by atoms with E-state index in [-0.39, 0.29) is 6.61 Å². The van der Waals surface area contributed by atoms with Crippen LogP contribution in [0.2, 0.25) is 0 Å². The zero-order valence-corrected chi connectivity index (χ0v) is 7.40. The summed E-state index contributed by atoms with van der Waals surface area (Å²) in [6.07, 6.45) is 5.56. The van der Waals surface area contributed by atoms with Gasteiger partial charge in [0.15, 0.2) is 0 Å². The van der Waals surface area contributed by atoms with Gasteiger partial charge in [-0.2, -0.15) is 0 Å². The lowest BCUT2D eigenvalue weighted by atomic mass is 9.44. The van der Waals surface area contributed by atoms with Crippen molar-refractivity contribution in [2.45, 2.75) is 31.3 Å². The average Bonchev–Trinajstić information content (AvgIpc) is 1.99. The van der Waals surface area contributed by atoms with Crippen molar-refractivity contribution in [1.29, 1.82) is 0 Å². The summed E-state index contributed by atoms with van der Waals surface area (Å²) in [6, 6.07) is 1.77. The minimum atomic E-state index is 0.0228. The average molecular weight is 176 g/mol. The Morgan fingerprint density at radius 2 is 2.23 bits per heavy atom. The first-order valence-corrected chi connectivity index (χ1v) is 4.76. The highest BCUT2D eigenvalue weighted by Crippen LogP contribution is 2.64. The summed E-state index contributed by atoms with van der Waals surface area (Å²) in [5.74, 6) is 1.91. The van der Waals surface area contributed by atoms with E-state index in [0.29, 0.717) is 5.41 Å². The molecule has 1 aromatic heterocycles. The molecule has 2 bridgehead atoms. The first-order valence-electron chi connectivity index (χ1n) is 4.76. The van der Waals surface area contributed by atoms with Crippen LogP contribution in [0.5, 0.6) is 0 Å². The molecule has 0 aliphatic heterocycles. The van der Waals surface area contributed by atoms with E-state index in [1.54, 1.807) is 12.3 Å². The van der Waals surface area contributed by atoms with Gasteiger partial charge in [0, 0.05) is 11.6 Å². The number of hydrogen-bond donors (Lipinski definition) is 1. The fraction of sp³-hybridized carbons (Fsp3) is 0.600. The molecular formula is C10H12N2O. The van der Waals surface area contributed by atoms with Crippen LogP contribution >= 0.6 is 0 Å². The Morgan fingerprint density at radius 3 is 2.77 bits per heavy atom. The number of aromatic nitrogens is 2. The molecule has 3 aliphatic rings. The Morgan fingerprint density at radius 1 is 1.46 bits per heavy atom. The van der Waals surface area contributed by atoms with Crippen molar-refractivity contribution in [2.24, 2.45) is 5.92 Å². The molecule has 0 radical (unpaired) electrons. The van der Waals surface area contributed by atoms with E-state index in [2.05, 4.69) is 9.97 Å². The maximum atomic E-state index is 8.94. The minimum absolute atomic E-state index is 0.0228. The van der Waals surface area contributed by atoms with Crippen molar-refractivity contribution in [3.05, 3.63) is 23.8 Å². The summed E-state index contributed by atoms with van der Waals surface area (Å²) in [5, 5.41) is 8.94. The lowest BCUT2D eigenvalue weighted by Crippen LogP contribution is -2.56. The molecule has 0 atom stereocenters. The molecule has 68 valence electrons. The second-order valence-electron chi connectivity index (χ2n) is 4.29. The third-order valence-corrected chi connectivity index (χ3v) is 3.39. The highest BCUT2D eigenvalue weighted by Gasteiger charge is 2.59. The zero-order chi connectivity index (χ0) is 8.89. The molecule has 0 aromatic carbocycles. The summed E-state index contributed by atoms with van der Waals surface area (Å²) < 4.78 is 0. The van der Waals surface area contributed by atoms with Crippen LogP contribution in [0.3, 0.4) is 0 Å². The van der Waals surface area contributed by atoms with Crippen LogP contribution < -0.4 is 0 Å². The molecule has 0 saturated heterocycles. The van der Waals surface area contributed by atoms with Crippen LogP contribution in [-0.2, 0) is 12.0 Å². The highest BCUT2D eigenvalue weighted by atomic mass is 16.3. The van der Waals surface area contributed by atoms with Gasteiger partial charge in [0.25, 0.3) is 0 Å². The van der Waals surface area contributed by atoms with Crippen LogP contribution in [-0.4, -0.2) is 15.1 Å². The standard InChI is InChI=1S/C10H12N2O/c13-6-8-1-2-11-9(12-8)10-3-7(4-10)5-10/h1-2,7,13H,3-6H2. The minimum Gasteiger partial charge on any atom is -0.390 e. The molecule has 3 aliphatic carbocycles. The number of hydrogen-bond acceptors (Lipinski definition) is 3. The van der Waals surface area contributed by atoms with Crippen molar-refractivity contribution in [3.8, 4) is 0 Å². The molecule has 3 saturated carbocycles. The maximum absolute atomic E-state index is 8.94. The van der Waals surface area contributed by atoms with Crippen LogP contribution in [0.1, 0.15) is 30.8 Å². The first kappa shape index (κ1) is 7.44. The summed E-state index contributed by atoms with van der Waals surface area (Å²) in [7, 11) is 0. The van der Waals surface area contributed by atoms with Gasteiger partial charge in [-0.25, -0.2) is 9.97 Å². The Hall–Kier alpha value is -0.960. The second-order valence-corrected chi connectivity index (χ2v) is 4.29. The van der Waals surface area contributed by atoms with Crippen LogP contribution in [0.15, 0.2) is 12.3 Å². The SMILES string of the molecule is OCc1ccnc(C23CC(C2)C3)n1. The summed E-state index contributed by atoms with van der Waals surface area (Å²) >= 11 is 0.